The van der Waals surface area contributed by atoms with Crippen molar-refractivity contribution < 1.29 is 14.3 Å². The highest BCUT2D eigenvalue weighted by Gasteiger charge is 2.06. The van der Waals surface area contributed by atoms with E-state index in [1.807, 2.05) is 0 Å². The number of amides is 1. The molecule has 88 valence electrons. The number of benzene rings is 1. The van der Waals surface area contributed by atoms with Crippen LogP contribution in [-0.4, -0.2) is 29.1 Å². The van der Waals surface area contributed by atoms with E-state index in [1.165, 1.54) is 23.9 Å². The molecule has 0 aromatic heterocycles. The number of hydrogen-bond donors (Lipinski definition) is 2. The Hall–Kier alpha value is -0.780. The average Bonchev–Trinajstić information content (AvgIpc) is 2.23. The minimum absolute atomic E-state index is 0.0370. The first kappa shape index (κ1) is 13.3. The zero-order valence-electron chi connectivity index (χ0n) is 8.37. The van der Waals surface area contributed by atoms with Crippen LogP contribution >= 0.6 is 23.4 Å². The van der Waals surface area contributed by atoms with Crippen molar-refractivity contribution in [3.63, 3.8) is 0 Å². The molecular weight excluding hydrogens is 253 g/mol. The second-order valence-corrected chi connectivity index (χ2v) is 4.46. The molecule has 0 fully saturated rings. The van der Waals surface area contributed by atoms with Gasteiger partial charge in [0.15, 0.2) is 0 Å². The van der Waals surface area contributed by atoms with E-state index < -0.39 is 5.82 Å². The van der Waals surface area contributed by atoms with Crippen molar-refractivity contribution in [1.29, 1.82) is 0 Å². The number of aliphatic hydroxyl groups is 1. The van der Waals surface area contributed by atoms with E-state index in [4.69, 9.17) is 16.7 Å². The normalized spacial score (nSPS) is 10.2. The van der Waals surface area contributed by atoms with E-state index in [9.17, 15) is 9.18 Å². The van der Waals surface area contributed by atoms with Crippen LogP contribution in [0.2, 0.25) is 5.02 Å². The van der Waals surface area contributed by atoms with Gasteiger partial charge in [0.05, 0.1) is 23.1 Å². The largest absolute Gasteiger partial charge is 0.396 e. The molecule has 1 aromatic rings. The maximum absolute atomic E-state index is 12.7. The molecule has 3 nitrogen and oxygen atoms in total. The molecule has 0 aliphatic carbocycles. The minimum Gasteiger partial charge on any atom is -0.396 e. The van der Waals surface area contributed by atoms with Gasteiger partial charge in [0, 0.05) is 5.75 Å². The van der Waals surface area contributed by atoms with Crippen molar-refractivity contribution in [3.8, 4) is 0 Å². The first-order chi connectivity index (χ1) is 7.63. The standard InChI is InChI=1S/C10H11ClFNO2S/c11-8-5-7(12)1-2-9(8)13-10(15)6-16-4-3-14/h1-2,5,14H,3-4,6H2,(H,13,15). The highest BCUT2D eigenvalue weighted by atomic mass is 35.5. The highest BCUT2D eigenvalue weighted by Crippen LogP contribution is 2.22. The number of nitrogens with one attached hydrogen (secondary N) is 1. The predicted octanol–water partition coefficient (Wildman–Crippen LogP) is 2.14. The quantitative estimate of drug-likeness (QED) is 0.801. The molecule has 0 aliphatic heterocycles. The number of halogens is 2. The van der Waals surface area contributed by atoms with Crippen molar-refractivity contribution in [2.24, 2.45) is 0 Å². The van der Waals surface area contributed by atoms with Crippen molar-refractivity contribution in [1.82, 2.24) is 0 Å². The Kier molecular flexibility index (Phi) is 5.59. The predicted molar refractivity (Wildman–Crippen MR) is 64.5 cm³/mol. The third-order valence-corrected chi connectivity index (χ3v) is 2.92. The fraction of sp³-hybridized carbons (Fsp3) is 0.300. The van der Waals surface area contributed by atoms with Crippen molar-refractivity contribution in [2.75, 3.05) is 23.4 Å². The molecule has 0 saturated carbocycles. The van der Waals surface area contributed by atoms with Crippen LogP contribution in [0, 0.1) is 5.82 Å². The lowest BCUT2D eigenvalue weighted by atomic mass is 10.3. The smallest absolute Gasteiger partial charge is 0.234 e. The molecule has 0 spiro atoms. The molecule has 0 atom stereocenters. The maximum atomic E-state index is 12.7. The SMILES string of the molecule is O=C(CSCCO)Nc1ccc(F)cc1Cl. The van der Waals surface area contributed by atoms with E-state index in [0.717, 1.165) is 6.07 Å². The molecule has 1 amide bonds. The summed E-state index contributed by atoms with van der Waals surface area (Å²) in [5.74, 6) is 0.0587. The van der Waals surface area contributed by atoms with Crippen LogP contribution in [0.3, 0.4) is 0 Å². The minimum atomic E-state index is -0.447. The summed E-state index contributed by atoms with van der Waals surface area (Å²) in [5, 5.41) is 11.3. The zero-order valence-corrected chi connectivity index (χ0v) is 9.95. The summed E-state index contributed by atoms with van der Waals surface area (Å²) in [6, 6.07) is 3.77. The average molecular weight is 264 g/mol. The molecule has 0 aliphatic rings. The highest BCUT2D eigenvalue weighted by molar-refractivity contribution is 7.99. The Bertz CT molecular complexity index is 376. The molecule has 0 saturated heterocycles. The van der Waals surface area contributed by atoms with Gasteiger partial charge in [-0.05, 0) is 18.2 Å². The molecular formula is C10H11ClFNO2S. The lowest BCUT2D eigenvalue weighted by Gasteiger charge is -2.06. The number of rotatable bonds is 5. The third-order valence-electron chi connectivity index (χ3n) is 1.67. The molecule has 0 unspecified atom stereocenters. The molecule has 0 radical (unpaired) electrons. The number of carbonyl (C=O) groups is 1. The Morgan fingerprint density at radius 1 is 1.56 bits per heavy atom. The molecule has 6 heteroatoms. The van der Waals surface area contributed by atoms with E-state index in [0.29, 0.717) is 11.4 Å². The van der Waals surface area contributed by atoms with Gasteiger partial charge >= 0.3 is 0 Å². The van der Waals surface area contributed by atoms with Gasteiger partial charge in [-0.15, -0.1) is 11.8 Å². The van der Waals surface area contributed by atoms with Crippen LogP contribution < -0.4 is 5.32 Å². The lowest BCUT2D eigenvalue weighted by molar-refractivity contribution is -0.113. The Balaban J connectivity index is 2.49. The van der Waals surface area contributed by atoms with Gasteiger partial charge < -0.3 is 10.4 Å². The van der Waals surface area contributed by atoms with Crippen molar-refractivity contribution in [2.45, 2.75) is 0 Å². The first-order valence-electron chi connectivity index (χ1n) is 4.57. The summed E-state index contributed by atoms with van der Waals surface area (Å²) < 4.78 is 12.7. The summed E-state index contributed by atoms with van der Waals surface area (Å²) in [4.78, 5) is 11.4. The van der Waals surface area contributed by atoms with Crippen LogP contribution in [0.5, 0.6) is 0 Å². The number of thioether (sulfide) groups is 1. The van der Waals surface area contributed by atoms with Gasteiger partial charge in [0.2, 0.25) is 5.91 Å². The van der Waals surface area contributed by atoms with Crippen molar-refractivity contribution >= 4 is 35.0 Å². The van der Waals surface area contributed by atoms with E-state index in [2.05, 4.69) is 5.32 Å². The van der Waals surface area contributed by atoms with Crippen LogP contribution in [0.25, 0.3) is 0 Å². The van der Waals surface area contributed by atoms with E-state index >= 15 is 0 Å². The molecule has 2 N–H and O–H groups in total. The Labute approximate surface area is 102 Å². The van der Waals surface area contributed by atoms with Crippen LogP contribution in [0.1, 0.15) is 0 Å². The zero-order chi connectivity index (χ0) is 12.0. The molecule has 0 heterocycles. The molecule has 0 bridgehead atoms. The topological polar surface area (TPSA) is 49.3 Å². The third kappa shape index (κ3) is 4.38. The summed E-state index contributed by atoms with van der Waals surface area (Å²) in [5.41, 5.74) is 0.387. The van der Waals surface area contributed by atoms with Gasteiger partial charge in [-0.1, -0.05) is 11.6 Å². The fourth-order valence-electron chi connectivity index (χ4n) is 1.01. The molecule has 16 heavy (non-hydrogen) atoms. The molecule has 1 rings (SSSR count). The van der Waals surface area contributed by atoms with Gasteiger partial charge in [-0.2, -0.15) is 0 Å². The van der Waals surface area contributed by atoms with E-state index in [1.54, 1.807) is 0 Å². The summed E-state index contributed by atoms with van der Waals surface area (Å²) in [7, 11) is 0. The summed E-state index contributed by atoms with van der Waals surface area (Å²) >= 11 is 7.04. The summed E-state index contributed by atoms with van der Waals surface area (Å²) in [6.07, 6.45) is 0. The Morgan fingerprint density at radius 2 is 2.31 bits per heavy atom. The van der Waals surface area contributed by atoms with Crippen LogP contribution in [-0.2, 0) is 4.79 Å². The van der Waals surface area contributed by atoms with Crippen molar-refractivity contribution in [3.05, 3.63) is 29.0 Å². The fourth-order valence-corrected chi connectivity index (χ4v) is 1.75. The number of aliphatic hydroxyl groups excluding tert-OH is 1. The first-order valence-corrected chi connectivity index (χ1v) is 6.10. The number of hydrogen-bond acceptors (Lipinski definition) is 3. The van der Waals surface area contributed by atoms with E-state index in [-0.39, 0.29) is 23.3 Å². The molecule has 1 aromatic carbocycles. The van der Waals surface area contributed by atoms with Gasteiger partial charge in [-0.25, -0.2) is 4.39 Å². The number of anilines is 1. The van der Waals surface area contributed by atoms with Gasteiger partial charge in [-0.3, -0.25) is 4.79 Å². The van der Waals surface area contributed by atoms with Crippen LogP contribution in [0.4, 0.5) is 10.1 Å². The lowest BCUT2D eigenvalue weighted by Crippen LogP contribution is -2.15. The summed E-state index contributed by atoms with van der Waals surface area (Å²) in [6.45, 7) is 0.0370. The van der Waals surface area contributed by atoms with Gasteiger partial charge in [0.1, 0.15) is 5.82 Å². The maximum Gasteiger partial charge on any atom is 0.234 e. The van der Waals surface area contributed by atoms with Gasteiger partial charge in [0.25, 0.3) is 0 Å². The Morgan fingerprint density at radius 3 is 2.94 bits per heavy atom. The second-order valence-electron chi connectivity index (χ2n) is 2.95. The van der Waals surface area contributed by atoms with Crippen LogP contribution in [0.15, 0.2) is 18.2 Å². The monoisotopic (exact) mass is 263 g/mol. The second kappa shape index (κ2) is 6.73. The number of carbonyl (C=O) groups excluding carboxylic acids is 1.